The molecule has 8 heteroatoms. The molecule has 0 radical (unpaired) electrons. The minimum absolute atomic E-state index is 0.0481. The Labute approximate surface area is 182 Å². The van der Waals surface area contributed by atoms with E-state index in [1.54, 1.807) is 12.1 Å². The van der Waals surface area contributed by atoms with Gasteiger partial charge in [0.05, 0.1) is 30.8 Å². The Hall–Kier alpha value is -1.81. The van der Waals surface area contributed by atoms with E-state index < -0.39 is 33.7 Å². The second kappa shape index (κ2) is 7.65. The molecule has 2 aliphatic heterocycles. The first-order chi connectivity index (χ1) is 14.8. The van der Waals surface area contributed by atoms with Crippen molar-refractivity contribution in [1.29, 1.82) is 0 Å². The number of rotatable bonds is 3. The molecule has 2 aromatic carbocycles. The molecule has 2 aromatic rings. The molecule has 166 valence electrons. The average molecular weight is 447 g/mol. The largest absolute Gasteiger partial charge is 0.384 e. The molecule has 3 atom stereocenters. The predicted molar refractivity (Wildman–Crippen MR) is 111 cm³/mol. The lowest BCUT2D eigenvalue weighted by Crippen LogP contribution is -2.61. The molecule has 1 saturated heterocycles. The van der Waals surface area contributed by atoms with E-state index in [2.05, 4.69) is 0 Å². The molecule has 2 heterocycles. The van der Waals surface area contributed by atoms with Crippen molar-refractivity contribution >= 4 is 10.1 Å². The van der Waals surface area contributed by atoms with Crippen LogP contribution in [0, 0.1) is 6.92 Å². The lowest BCUT2D eigenvalue weighted by Gasteiger charge is -2.48. The summed E-state index contributed by atoms with van der Waals surface area (Å²) in [6.07, 6.45) is -1.01. The van der Waals surface area contributed by atoms with Gasteiger partial charge < -0.3 is 19.3 Å². The van der Waals surface area contributed by atoms with E-state index in [4.69, 9.17) is 18.4 Å². The van der Waals surface area contributed by atoms with Gasteiger partial charge in [-0.15, -0.1) is 0 Å². The van der Waals surface area contributed by atoms with Crippen molar-refractivity contribution in [3.63, 3.8) is 0 Å². The van der Waals surface area contributed by atoms with Crippen LogP contribution < -0.4 is 0 Å². The zero-order valence-electron chi connectivity index (χ0n) is 17.3. The first-order valence-corrected chi connectivity index (χ1v) is 11.9. The van der Waals surface area contributed by atoms with Crippen LogP contribution in [0.4, 0.5) is 0 Å². The van der Waals surface area contributed by atoms with Crippen molar-refractivity contribution in [3.05, 3.63) is 65.2 Å². The van der Waals surface area contributed by atoms with Gasteiger partial charge in [-0.1, -0.05) is 42.0 Å². The molecule has 1 saturated carbocycles. The standard InChI is InChI=1S/C23H26O7S/c1-16-6-8-19(9-7-16)31(25,26)30-21-13-22(12-20-23(21,24)10-11-27-20)28-14-17-4-2-3-5-18(17)15-29-22/h2-9,20-21,24H,10-15H2,1H3/t20-,21+,23+/m0/s1. The second-order valence-corrected chi connectivity index (χ2v) is 10.2. The van der Waals surface area contributed by atoms with Crippen LogP contribution in [-0.4, -0.2) is 43.7 Å². The van der Waals surface area contributed by atoms with Gasteiger partial charge in [-0.3, -0.25) is 4.18 Å². The van der Waals surface area contributed by atoms with Gasteiger partial charge in [-0.05, 0) is 30.2 Å². The first kappa shape index (κ1) is 21.1. The summed E-state index contributed by atoms with van der Waals surface area (Å²) in [5.74, 6) is -1.10. The number of hydrogen-bond acceptors (Lipinski definition) is 7. The zero-order valence-corrected chi connectivity index (χ0v) is 18.1. The summed E-state index contributed by atoms with van der Waals surface area (Å²) in [5.41, 5.74) is 1.57. The lowest BCUT2D eigenvalue weighted by molar-refractivity contribution is -0.304. The number of benzene rings is 2. The number of ether oxygens (including phenoxy) is 3. The molecule has 31 heavy (non-hydrogen) atoms. The minimum Gasteiger partial charge on any atom is -0.384 e. The topological polar surface area (TPSA) is 91.3 Å². The Kier molecular flexibility index (Phi) is 5.20. The van der Waals surface area contributed by atoms with Crippen LogP contribution in [0.3, 0.4) is 0 Å². The molecule has 1 spiro atoms. The zero-order chi connectivity index (χ0) is 21.7. The molecular formula is C23H26O7S. The second-order valence-electron chi connectivity index (χ2n) is 8.62. The van der Waals surface area contributed by atoms with Crippen molar-refractivity contribution < 1.29 is 31.9 Å². The molecular weight excluding hydrogens is 420 g/mol. The van der Waals surface area contributed by atoms with E-state index in [-0.39, 0.29) is 11.3 Å². The van der Waals surface area contributed by atoms with Crippen LogP contribution in [0.1, 0.15) is 36.0 Å². The third-order valence-corrected chi connectivity index (χ3v) is 7.92. The van der Waals surface area contributed by atoms with Gasteiger partial charge in [0, 0.05) is 19.3 Å². The van der Waals surface area contributed by atoms with E-state index in [0.717, 1.165) is 16.7 Å². The summed E-state index contributed by atoms with van der Waals surface area (Å²) in [4.78, 5) is 0.0481. The van der Waals surface area contributed by atoms with Crippen LogP contribution in [0.5, 0.6) is 0 Å². The molecule has 3 aliphatic rings. The Morgan fingerprint density at radius 1 is 1.00 bits per heavy atom. The average Bonchev–Trinajstić information content (AvgIpc) is 3.03. The molecule has 0 unspecified atom stereocenters. The lowest BCUT2D eigenvalue weighted by atomic mass is 9.76. The van der Waals surface area contributed by atoms with Crippen LogP contribution in [0.2, 0.25) is 0 Å². The Balaban J connectivity index is 1.44. The van der Waals surface area contributed by atoms with Gasteiger partial charge in [-0.25, -0.2) is 0 Å². The maximum absolute atomic E-state index is 13.0. The summed E-state index contributed by atoms with van der Waals surface area (Å²) in [5, 5.41) is 11.4. The highest BCUT2D eigenvalue weighted by molar-refractivity contribution is 7.86. The van der Waals surface area contributed by atoms with Gasteiger partial charge in [-0.2, -0.15) is 8.42 Å². The molecule has 0 aromatic heterocycles. The van der Waals surface area contributed by atoms with E-state index in [0.29, 0.717) is 32.7 Å². The Morgan fingerprint density at radius 2 is 1.65 bits per heavy atom. The quantitative estimate of drug-likeness (QED) is 0.725. The summed E-state index contributed by atoms with van der Waals surface area (Å²) >= 11 is 0. The van der Waals surface area contributed by atoms with Gasteiger partial charge in [0.15, 0.2) is 5.79 Å². The molecule has 0 amide bonds. The normalized spacial score (nSPS) is 29.9. The van der Waals surface area contributed by atoms with Crippen LogP contribution >= 0.6 is 0 Å². The Bertz CT molecular complexity index is 1040. The SMILES string of the molecule is Cc1ccc(S(=O)(=O)O[C@@H]2CC3(C[C@@H]4OCC[C@@]42O)OCc2ccccc2CO3)cc1. The van der Waals surface area contributed by atoms with Crippen LogP contribution in [0.25, 0.3) is 0 Å². The number of aliphatic hydroxyl groups is 1. The third-order valence-electron chi connectivity index (χ3n) is 6.58. The van der Waals surface area contributed by atoms with Crippen molar-refractivity contribution in [2.75, 3.05) is 6.61 Å². The molecule has 0 bridgehead atoms. The predicted octanol–water partition coefficient (Wildman–Crippen LogP) is 2.83. The summed E-state index contributed by atoms with van der Waals surface area (Å²) < 4.78 is 49.8. The van der Waals surface area contributed by atoms with E-state index in [9.17, 15) is 13.5 Å². The fraction of sp³-hybridized carbons (Fsp3) is 0.478. The van der Waals surface area contributed by atoms with Crippen molar-refractivity contribution in [2.24, 2.45) is 0 Å². The molecule has 1 aliphatic carbocycles. The van der Waals surface area contributed by atoms with Gasteiger partial charge in [0.25, 0.3) is 10.1 Å². The third kappa shape index (κ3) is 3.82. The summed E-state index contributed by atoms with van der Waals surface area (Å²) in [6.45, 7) is 2.86. The molecule has 2 fully saturated rings. The first-order valence-electron chi connectivity index (χ1n) is 10.5. The van der Waals surface area contributed by atoms with Gasteiger partial charge in [0.2, 0.25) is 0 Å². The maximum atomic E-state index is 13.0. The van der Waals surface area contributed by atoms with Crippen molar-refractivity contribution in [1.82, 2.24) is 0 Å². The highest BCUT2D eigenvalue weighted by Crippen LogP contribution is 2.48. The van der Waals surface area contributed by atoms with Crippen LogP contribution in [-0.2, 0) is 41.7 Å². The summed E-state index contributed by atoms with van der Waals surface area (Å²) in [7, 11) is -4.10. The molecule has 5 rings (SSSR count). The Morgan fingerprint density at radius 3 is 2.29 bits per heavy atom. The summed E-state index contributed by atoms with van der Waals surface area (Å²) in [6, 6.07) is 14.3. The fourth-order valence-electron chi connectivity index (χ4n) is 4.66. The van der Waals surface area contributed by atoms with Gasteiger partial charge >= 0.3 is 0 Å². The number of hydrogen-bond donors (Lipinski definition) is 1. The highest BCUT2D eigenvalue weighted by atomic mass is 32.2. The van der Waals surface area contributed by atoms with Gasteiger partial charge in [0.1, 0.15) is 11.7 Å². The number of fused-ring (bicyclic) bond motifs is 2. The fourth-order valence-corrected chi connectivity index (χ4v) is 5.79. The highest BCUT2D eigenvalue weighted by Gasteiger charge is 2.60. The van der Waals surface area contributed by atoms with Crippen LogP contribution in [0.15, 0.2) is 53.4 Å². The number of aryl methyl sites for hydroxylation is 1. The van der Waals surface area contributed by atoms with E-state index in [1.165, 1.54) is 12.1 Å². The van der Waals surface area contributed by atoms with Crippen molar-refractivity contribution in [2.45, 2.75) is 67.9 Å². The van der Waals surface area contributed by atoms with E-state index in [1.807, 2.05) is 31.2 Å². The smallest absolute Gasteiger partial charge is 0.297 e. The van der Waals surface area contributed by atoms with Crippen molar-refractivity contribution in [3.8, 4) is 0 Å². The molecule has 1 N–H and O–H groups in total. The molecule has 7 nitrogen and oxygen atoms in total. The minimum atomic E-state index is -4.10. The monoisotopic (exact) mass is 446 g/mol. The maximum Gasteiger partial charge on any atom is 0.297 e. The van der Waals surface area contributed by atoms with E-state index >= 15 is 0 Å².